The maximum atomic E-state index is 12.4. The van der Waals surface area contributed by atoms with Crippen LogP contribution in [0.2, 0.25) is 0 Å². The molecule has 0 bridgehead atoms. The number of ether oxygens (including phenoxy) is 1. The molecule has 0 aromatic heterocycles. The van der Waals surface area contributed by atoms with Crippen LogP contribution in [-0.4, -0.2) is 11.6 Å². The average molecular weight is 328 g/mol. The second-order valence-corrected chi connectivity index (χ2v) is 5.71. The quantitative estimate of drug-likeness (QED) is 0.701. The first-order valence-electron chi connectivity index (χ1n) is 8.08. The van der Waals surface area contributed by atoms with Crippen molar-refractivity contribution in [1.29, 1.82) is 0 Å². The van der Waals surface area contributed by atoms with Gasteiger partial charge in [-0.05, 0) is 29.8 Å². The fraction of sp³-hybridized carbons (Fsp3) is 0.0476. The Kier molecular flexibility index (Phi) is 4.01. The van der Waals surface area contributed by atoms with Crippen molar-refractivity contribution in [1.82, 2.24) is 0 Å². The Balaban J connectivity index is 1.60. The summed E-state index contributed by atoms with van der Waals surface area (Å²) in [7, 11) is 0. The number of amides is 1. The second kappa shape index (κ2) is 6.61. The fourth-order valence-electron chi connectivity index (χ4n) is 2.73. The minimum absolute atomic E-state index is 0.0456. The van der Waals surface area contributed by atoms with Gasteiger partial charge >= 0.3 is 0 Å². The van der Waals surface area contributed by atoms with Gasteiger partial charge in [-0.2, -0.15) is 5.10 Å². The van der Waals surface area contributed by atoms with E-state index in [1.54, 1.807) is 0 Å². The van der Waals surface area contributed by atoms with Crippen molar-refractivity contribution in [3.63, 3.8) is 0 Å². The Labute approximate surface area is 146 Å². The van der Waals surface area contributed by atoms with E-state index >= 15 is 0 Å². The van der Waals surface area contributed by atoms with Crippen molar-refractivity contribution in [2.45, 2.75) is 6.42 Å². The molecular weight excluding hydrogens is 312 g/mol. The van der Waals surface area contributed by atoms with Gasteiger partial charge in [-0.15, -0.1) is 0 Å². The highest BCUT2D eigenvalue weighted by Crippen LogP contribution is 2.28. The number of rotatable bonds is 4. The molecule has 0 unspecified atom stereocenters. The highest BCUT2D eigenvalue weighted by atomic mass is 16.5. The van der Waals surface area contributed by atoms with Crippen molar-refractivity contribution < 1.29 is 9.53 Å². The molecule has 3 aromatic carbocycles. The number of hydrogen-bond acceptors (Lipinski definition) is 3. The molecular formula is C21H16N2O2. The lowest BCUT2D eigenvalue weighted by Gasteiger charge is -2.13. The number of hydrogen-bond donors (Lipinski definition) is 0. The SMILES string of the molecule is O=C1CC(c2ccccc2)=NN1c1cccc(Oc2ccccc2)c1. The molecule has 1 aliphatic heterocycles. The van der Waals surface area contributed by atoms with Gasteiger partial charge in [0.25, 0.3) is 5.91 Å². The van der Waals surface area contributed by atoms with Crippen LogP contribution in [0.3, 0.4) is 0 Å². The van der Waals surface area contributed by atoms with E-state index in [1.807, 2.05) is 84.9 Å². The van der Waals surface area contributed by atoms with E-state index in [1.165, 1.54) is 5.01 Å². The van der Waals surface area contributed by atoms with E-state index in [2.05, 4.69) is 5.10 Å². The number of para-hydroxylation sites is 1. The van der Waals surface area contributed by atoms with Gasteiger partial charge in [-0.25, -0.2) is 5.01 Å². The molecule has 0 aliphatic carbocycles. The van der Waals surface area contributed by atoms with Crippen LogP contribution >= 0.6 is 0 Å². The maximum Gasteiger partial charge on any atom is 0.253 e. The smallest absolute Gasteiger partial charge is 0.253 e. The third-order valence-electron chi connectivity index (χ3n) is 3.92. The Morgan fingerprint density at radius 2 is 1.48 bits per heavy atom. The number of hydrazone groups is 1. The van der Waals surface area contributed by atoms with Crippen molar-refractivity contribution in [3.05, 3.63) is 90.5 Å². The summed E-state index contributed by atoms with van der Waals surface area (Å²) in [6, 6.07) is 26.7. The Hall–Kier alpha value is -3.40. The van der Waals surface area contributed by atoms with Gasteiger partial charge < -0.3 is 4.74 Å². The van der Waals surface area contributed by atoms with Gasteiger partial charge in [0, 0.05) is 6.07 Å². The molecule has 0 saturated carbocycles. The largest absolute Gasteiger partial charge is 0.457 e. The van der Waals surface area contributed by atoms with Gasteiger partial charge in [0.2, 0.25) is 0 Å². The van der Waals surface area contributed by atoms with E-state index in [-0.39, 0.29) is 5.91 Å². The summed E-state index contributed by atoms with van der Waals surface area (Å²) < 4.78 is 5.84. The Bertz CT molecular complexity index is 921. The van der Waals surface area contributed by atoms with Crippen molar-refractivity contribution >= 4 is 17.3 Å². The molecule has 0 N–H and O–H groups in total. The molecule has 0 spiro atoms. The zero-order valence-corrected chi connectivity index (χ0v) is 13.5. The summed E-state index contributed by atoms with van der Waals surface area (Å²) in [6.45, 7) is 0. The third kappa shape index (κ3) is 3.28. The van der Waals surface area contributed by atoms with E-state index < -0.39 is 0 Å². The predicted octanol–water partition coefficient (Wildman–Crippen LogP) is 4.62. The van der Waals surface area contributed by atoms with Gasteiger partial charge in [0.15, 0.2) is 0 Å². The van der Waals surface area contributed by atoms with E-state index in [4.69, 9.17) is 4.74 Å². The number of carbonyl (C=O) groups excluding carboxylic acids is 1. The Morgan fingerprint density at radius 3 is 2.24 bits per heavy atom. The summed E-state index contributed by atoms with van der Waals surface area (Å²) in [6.07, 6.45) is 0.299. The molecule has 0 atom stereocenters. The fourth-order valence-corrected chi connectivity index (χ4v) is 2.73. The van der Waals surface area contributed by atoms with Crippen molar-refractivity contribution in [3.8, 4) is 11.5 Å². The first-order chi connectivity index (χ1) is 12.3. The average Bonchev–Trinajstić information content (AvgIpc) is 3.05. The van der Waals surface area contributed by atoms with Crippen molar-refractivity contribution in [2.75, 3.05) is 5.01 Å². The summed E-state index contributed by atoms with van der Waals surface area (Å²) in [5, 5.41) is 5.95. The summed E-state index contributed by atoms with van der Waals surface area (Å²) in [5.74, 6) is 1.37. The van der Waals surface area contributed by atoms with Gasteiger partial charge in [0.1, 0.15) is 11.5 Å². The lowest BCUT2D eigenvalue weighted by atomic mass is 10.1. The van der Waals surface area contributed by atoms with Crippen LogP contribution in [0.4, 0.5) is 5.69 Å². The van der Waals surface area contributed by atoms with Crippen LogP contribution in [0.25, 0.3) is 0 Å². The first kappa shape index (κ1) is 15.1. The van der Waals surface area contributed by atoms with Crippen LogP contribution in [0.5, 0.6) is 11.5 Å². The predicted molar refractivity (Wildman–Crippen MR) is 98.0 cm³/mol. The van der Waals surface area contributed by atoms with Gasteiger partial charge in [-0.1, -0.05) is 54.6 Å². The molecule has 0 saturated heterocycles. The monoisotopic (exact) mass is 328 g/mol. The van der Waals surface area contributed by atoms with Crippen LogP contribution in [0.15, 0.2) is 90.0 Å². The highest BCUT2D eigenvalue weighted by molar-refractivity contribution is 6.19. The molecule has 1 amide bonds. The number of carbonyl (C=O) groups is 1. The minimum Gasteiger partial charge on any atom is -0.457 e. The van der Waals surface area contributed by atoms with Crippen LogP contribution in [0, 0.1) is 0 Å². The van der Waals surface area contributed by atoms with E-state index in [0.29, 0.717) is 17.9 Å². The first-order valence-corrected chi connectivity index (χ1v) is 8.08. The standard InChI is InChI=1S/C21H16N2O2/c24-21-15-20(16-8-3-1-4-9-16)22-23(21)17-10-7-13-19(14-17)25-18-11-5-2-6-12-18/h1-14H,15H2. The lowest BCUT2D eigenvalue weighted by molar-refractivity contribution is -0.116. The molecule has 3 aromatic rings. The van der Waals surface area contributed by atoms with Gasteiger partial charge in [-0.3, -0.25) is 4.79 Å². The normalized spacial score (nSPS) is 13.7. The zero-order chi connectivity index (χ0) is 17.1. The maximum absolute atomic E-state index is 12.4. The van der Waals surface area contributed by atoms with E-state index in [0.717, 1.165) is 17.0 Å². The Morgan fingerprint density at radius 1 is 0.800 bits per heavy atom. The van der Waals surface area contributed by atoms with Crippen LogP contribution < -0.4 is 9.75 Å². The molecule has 4 heteroatoms. The molecule has 0 fully saturated rings. The molecule has 1 heterocycles. The van der Waals surface area contributed by atoms with E-state index in [9.17, 15) is 4.79 Å². The molecule has 0 radical (unpaired) electrons. The molecule has 1 aliphatic rings. The lowest BCUT2D eigenvalue weighted by Crippen LogP contribution is -2.19. The number of anilines is 1. The van der Waals surface area contributed by atoms with Crippen LogP contribution in [0.1, 0.15) is 12.0 Å². The molecule has 122 valence electrons. The highest BCUT2D eigenvalue weighted by Gasteiger charge is 2.26. The zero-order valence-electron chi connectivity index (χ0n) is 13.5. The second-order valence-electron chi connectivity index (χ2n) is 5.71. The number of benzene rings is 3. The molecule has 25 heavy (non-hydrogen) atoms. The van der Waals surface area contributed by atoms with Crippen LogP contribution in [-0.2, 0) is 4.79 Å². The minimum atomic E-state index is -0.0456. The van der Waals surface area contributed by atoms with Crippen molar-refractivity contribution in [2.24, 2.45) is 5.10 Å². The topological polar surface area (TPSA) is 41.9 Å². The van der Waals surface area contributed by atoms with Gasteiger partial charge in [0.05, 0.1) is 17.8 Å². The summed E-state index contributed by atoms with van der Waals surface area (Å²) in [5.41, 5.74) is 2.44. The summed E-state index contributed by atoms with van der Waals surface area (Å²) >= 11 is 0. The molecule has 4 nitrogen and oxygen atoms in total. The number of nitrogens with zero attached hydrogens (tertiary/aromatic N) is 2. The third-order valence-corrected chi connectivity index (χ3v) is 3.92. The molecule has 4 rings (SSSR count). The summed E-state index contributed by atoms with van der Waals surface area (Å²) in [4.78, 5) is 12.4.